The van der Waals surface area contributed by atoms with Crippen molar-refractivity contribution in [2.24, 2.45) is 0 Å². The highest BCUT2D eigenvalue weighted by atomic mass is 16.6. The zero-order valence-electron chi connectivity index (χ0n) is 15.6. The Morgan fingerprint density at radius 3 is 2.44 bits per heavy atom. The van der Waals surface area contributed by atoms with Crippen molar-refractivity contribution in [1.29, 1.82) is 0 Å². The lowest BCUT2D eigenvalue weighted by Gasteiger charge is -2.37. The second-order valence-corrected chi connectivity index (χ2v) is 8.51. The van der Waals surface area contributed by atoms with Crippen molar-refractivity contribution in [3.05, 3.63) is 29.3 Å². The van der Waals surface area contributed by atoms with Crippen molar-refractivity contribution in [1.82, 2.24) is 9.80 Å². The highest BCUT2D eigenvalue weighted by molar-refractivity contribution is 5.71. The Morgan fingerprint density at radius 1 is 1.08 bits per heavy atom. The zero-order valence-corrected chi connectivity index (χ0v) is 15.6. The number of nitrogens with zero attached hydrogens (tertiary/aromatic N) is 3. The third-order valence-electron chi connectivity index (χ3n) is 5.33. The molecular formula is C20H29N3O2. The first-order chi connectivity index (χ1) is 11.9. The molecule has 1 saturated carbocycles. The first-order valence-electron chi connectivity index (χ1n) is 9.48. The fraction of sp³-hybridized carbons (Fsp3) is 0.650. The molecule has 5 nitrogen and oxygen atoms in total. The van der Waals surface area contributed by atoms with Crippen molar-refractivity contribution >= 4 is 11.8 Å². The van der Waals surface area contributed by atoms with Gasteiger partial charge in [0.25, 0.3) is 0 Å². The van der Waals surface area contributed by atoms with Gasteiger partial charge in [0.15, 0.2) is 0 Å². The Bertz CT molecular complexity index is 655. The molecule has 1 saturated heterocycles. The van der Waals surface area contributed by atoms with Crippen LogP contribution in [0.15, 0.2) is 18.2 Å². The summed E-state index contributed by atoms with van der Waals surface area (Å²) in [6, 6.07) is 7.33. The predicted molar refractivity (Wildman–Crippen MR) is 98.7 cm³/mol. The van der Waals surface area contributed by atoms with Crippen LogP contribution in [0.5, 0.6) is 0 Å². The maximum absolute atomic E-state index is 12.4. The maximum atomic E-state index is 12.4. The van der Waals surface area contributed by atoms with E-state index in [1.807, 2.05) is 25.7 Å². The number of hydrogen-bond donors (Lipinski definition) is 0. The van der Waals surface area contributed by atoms with Crippen molar-refractivity contribution in [3.8, 4) is 0 Å². The summed E-state index contributed by atoms with van der Waals surface area (Å²) in [5.41, 5.74) is 3.41. The summed E-state index contributed by atoms with van der Waals surface area (Å²) in [5, 5.41) is 0. The van der Waals surface area contributed by atoms with Gasteiger partial charge in [-0.05, 0) is 50.8 Å². The molecule has 0 aromatic heterocycles. The molecule has 0 unspecified atom stereocenters. The standard InChI is InChI=1S/C20H29N3O2/c1-20(2,3)25-19(24)23-13-15-5-4-6-18(17(15)14-23)22-11-9-21(10-12-22)16-7-8-16/h4-6,16H,7-14H2,1-3H3. The second kappa shape index (κ2) is 6.20. The first-order valence-corrected chi connectivity index (χ1v) is 9.48. The number of hydrogen-bond acceptors (Lipinski definition) is 4. The van der Waals surface area contributed by atoms with Gasteiger partial charge in [-0.2, -0.15) is 0 Å². The molecule has 2 heterocycles. The normalized spacial score (nSPS) is 21.4. The summed E-state index contributed by atoms with van der Waals surface area (Å²) >= 11 is 0. The van der Waals surface area contributed by atoms with E-state index in [0.717, 1.165) is 32.2 Å². The molecule has 0 N–H and O–H groups in total. The summed E-state index contributed by atoms with van der Waals surface area (Å²) in [7, 11) is 0. The Balaban J connectivity index is 1.45. The SMILES string of the molecule is CC(C)(C)OC(=O)N1Cc2cccc(N3CCN(C4CC4)CC3)c2C1. The van der Waals surface area contributed by atoms with E-state index in [4.69, 9.17) is 4.74 Å². The van der Waals surface area contributed by atoms with E-state index < -0.39 is 5.60 Å². The van der Waals surface area contributed by atoms with Crippen molar-refractivity contribution in [2.45, 2.75) is 58.3 Å². The fourth-order valence-electron chi connectivity index (χ4n) is 3.92. The van der Waals surface area contributed by atoms with Gasteiger partial charge in [0.05, 0.1) is 6.54 Å². The Labute approximate surface area is 150 Å². The quantitative estimate of drug-likeness (QED) is 0.826. The van der Waals surface area contributed by atoms with Crippen LogP contribution in [0.1, 0.15) is 44.7 Å². The van der Waals surface area contributed by atoms with Gasteiger partial charge < -0.3 is 9.64 Å². The smallest absolute Gasteiger partial charge is 0.410 e. The molecule has 25 heavy (non-hydrogen) atoms. The Morgan fingerprint density at radius 2 is 1.80 bits per heavy atom. The molecule has 1 aromatic rings. The minimum absolute atomic E-state index is 0.215. The number of benzene rings is 1. The van der Waals surface area contributed by atoms with Crippen molar-refractivity contribution < 1.29 is 9.53 Å². The number of rotatable bonds is 2. The van der Waals surface area contributed by atoms with Crippen molar-refractivity contribution in [2.75, 3.05) is 31.1 Å². The van der Waals surface area contributed by atoms with E-state index in [9.17, 15) is 4.79 Å². The third kappa shape index (κ3) is 3.61. The van der Waals surface area contributed by atoms with Gasteiger partial charge in [-0.1, -0.05) is 12.1 Å². The Kier molecular flexibility index (Phi) is 4.14. The lowest BCUT2D eigenvalue weighted by Crippen LogP contribution is -2.47. The lowest BCUT2D eigenvalue weighted by atomic mass is 10.1. The second-order valence-electron chi connectivity index (χ2n) is 8.51. The summed E-state index contributed by atoms with van der Waals surface area (Å²) in [5.74, 6) is 0. The van der Waals surface area contributed by atoms with Crippen LogP contribution in [0, 0.1) is 0 Å². The van der Waals surface area contributed by atoms with Gasteiger partial charge >= 0.3 is 6.09 Å². The molecule has 3 aliphatic rings. The highest BCUT2D eigenvalue weighted by Crippen LogP contribution is 2.34. The molecule has 4 rings (SSSR count). The van der Waals surface area contributed by atoms with Crippen LogP contribution in [0.3, 0.4) is 0 Å². The minimum Gasteiger partial charge on any atom is -0.444 e. The van der Waals surface area contributed by atoms with E-state index in [1.54, 1.807) is 0 Å². The summed E-state index contributed by atoms with van der Waals surface area (Å²) in [6.45, 7) is 11.5. The number of carbonyl (C=O) groups excluding carboxylic acids is 1. The fourth-order valence-corrected chi connectivity index (χ4v) is 3.92. The van der Waals surface area contributed by atoms with E-state index in [1.165, 1.54) is 29.7 Å². The average molecular weight is 343 g/mol. The summed E-state index contributed by atoms with van der Waals surface area (Å²) in [6.07, 6.45) is 2.55. The molecule has 1 amide bonds. The topological polar surface area (TPSA) is 36.0 Å². The lowest BCUT2D eigenvalue weighted by molar-refractivity contribution is 0.0242. The van der Waals surface area contributed by atoms with Gasteiger partial charge in [-0.3, -0.25) is 9.80 Å². The molecule has 1 aliphatic carbocycles. The molecule has 2 aliphatic heterocycles. The van der Waals surface area contributed by atoms with Gasteiger partial charge in [-0.25, -0.2) is 4.79 Å². The monoisotopic (exact) mass is 343 g/mol. The predicted octanol–water partition coefficient (Wildman–Crippen LogP) is 3.22. The largest absolute Gasteiger partial charge is 0.444 e. The van der Waals surface area contributed by atoms with Crippen LogP contribution in [-0.2, 0) is 17.8 Å². The van der Waals surface area contributed by atoms with E-state index >= 15 is 0 Å². The van der Waals surface area contributed by atoms with Gasteiger partial charge in [0.2, 0.25) is 0 Å². The van der Waals surface area contributed by atoms with Crippen LogP contribution in [0.4, 0.5) is 10.5 Å². The Hall–Kier alpha value is -1.75. The minimum atomic E-state index is -0.451. The number of fused-ring (bicyclic) bond motifs is 1. The van der Waals surface area contributed by atoms with Crippen LogP contribution >= 0.6 is 0 Å². The average Bonchev–Trinajstić information content (AvgIpc) is 3.31. The molecular weight excluding hydrogens is 314 g/mol. The summed E-state index contributed by atoms with van der Waals surface area (Å²) in [4.78, 5) is 19.4. The number of carbonyl (C=O) groups is 1. The van der Waals surface area contributed by atoms with Crippen LogP contribution < -0.4 is 4.90 Å². The highest BCUT2D eigenvalue weighted by Gasteiger charge is 2.33. The van der Waals surface area contributed by atoms with E-state index in [-0.39, 0.29) is 6.09 Å². The molecule has 0 atom stereocenters. The van der Waals surface area contributed by atoms with E-state index in [2.05, 4.69) is 28.0 Å². The number of ether oxygens (including phenoxy) is 1. The molecule has 136 valence electrons. The molecule has 0 bridgehead atoms. The number of anilines is 1. The number of piperazine rings is 1. The maximum Gasteiger partial charge on any atom is 0.410 e. The first kappa shape index (κ1) is 16.7. The van der Waals surface area contributed by atoms with Gasteiger partial charge in [0, 0.05) is 44.5 Å². The van der Waals surface area contributed by atoms with Crippen LogP contribution in [-0.4, -0.2) is 53.7 Å². The molecule has 0 spiro atoms. The molecule has 2 fully saturated rings. The van der Waals surface area contributed by atoms with Crippen LogP contribution in [0.2, 0.25) is 0 Å². The van der Waals surface area contributed by atoms with Crippen molar-refractivity contribution in [3.63, 3.8) is 0 Å². The van der Waals surface area contributed by atoms with Crippen LogP contribution in [0.25, 0.3) is 0 Å². The third-order valence-corrected chi connectivity index (χ3v) is 5.33. The summed E-state index contributed by atoms with van der Waals surface area (Å²) < 4.78 is 5.55. The van der Waals surface area contributed by atoms with E-state index in [0.29, 0.717) is 13.1 Å². The molecule has 5 heteroatoms. The van der Waals surface area contributed by atoms with Gasteiger partial charge in [-0.15, -0.1) is 0 Å². The molecule has 1 aromatic carbocycles. The molecule has 0 radical (unpaired) electrons. The number of amides is 1. The van der Waals surface area contributed by atoms with Gasteiger partial charge in [0.1, 0.15) is 5.60 Å². The zero-order chi connectivity index (χ0) is 17.6.